The van der Waals surface area contributed by atoms with Crippen molar-refractivity contribution >= 4 is 5.91 Å². The van der Waals surface area contributed by atoms with Gasteiger partial charge in [0.15, 0.2) is 17.4 Å². The van der Waals surface area contributed by atoms with Crippen molar-refractivity contribution in [3.8, 4) is 11.3 Å². The standard InChI is InChI=1S/C17H12F2N2O2/c18-14-7-6-12(8-15(14)19)16-13(10-21-23-16)17(22)20-9-11-4-2-1-3-5-11/h1-8,10H,9H2,(H,20,22). The van der Waals surface area contributed by atoms with Gasteiger partial charge in [0.1, 0.15) is 5.56 Å². The first-order valence-corrected chi connectivity index (χ1v) is 6.87. The normalized spacial score (nSPS) is 10.5. The lowest BCUT2D eigenvalue weighted by Gasteiger charge is -2.05. The van der Waals surface area contributed by atoms with Gasteiger partial charge in [-0.15, -0.1) is 0 Å². The van der Waals surface area contributed by atoms with Gasteiger partial charge >= 0.3 is 0 Å². The molecular weight excluding hydrogens is 302 g/mol. The summed E-state index contributed by atoms with van der Waals surface area (Å²) in [6.07, 6.45) is 1.25. The van der Waals surface area contributed by atoms with E-state index in [4.69, 9.17) is 4.52 Å². The second kappa shape index (κ2) is 6.39. The van der Waals surface area contributed by atoms with Gasteiger partial charge in [0, 0.05) is 12.1 Å². The molecule has 0 spiro atoms. The first-order chi connectivity index (χ1) is 11.1. The van der Waals surface area contributed by atoms with Crippen LogP contribution in [0.2, 0.25) is 0 Å². The predicted molar refractivity (Wildman–Crippen MR) is 79.5 cm³/mol. The first-order valence-electron chi connectivity index (χ1n) is 6.87. The molecule has 0 radical (unpaired) electrons. The minimum Gasteiger partial charge on any atom is -0.355 e. The number of hydrogen-bond donors (Lipinski definition) is 1. The number of carbonyl (C=O) groups excluding carboxylic acids is 1. The molecule has 1 N–H and O–H groups in total. The molecule has 0 bridgehead atoms. The number of amides is 1. The molecular formula is C17H12F2N2O2. The number of aromatic nitrogens is 1. The molecule has 0 saturated carbocycles. The SMILES string of the molecule is O=C(NCc1ccccc1)c1cnoc1-c1ccc(F)c(F)c1. The van der Waals surface area contributed by atoms with Crippen LogP contribution in [-0.2, 0) is 6.54 Å². The summed E-state index contributed by atoms with van der Waals surface area (Å²) < 4.78 is 31.4. The van der Waals surface area contributed by atoms with Crippen LogP contribution in [0.15, 0.2) is 59.3 Å². The Labute approximate surface area is 130 Å². The van der Waals surface area contributed by atoms with Crippen molar-refractivity contribution in [2.45, 2.75) is 6.54 Å². The minimum absolute atomic E-state index is 0.0921. The molecule has 6 heteroatoms. The highest BCUT2D eigenvalue weighted by Crippen LogP contribution is 2.25. The molecule has 0 aliphatic rings. The maximum atomic E-state index is 13.3. The molecule has 1 aromatic heterocycles. The third-order valence-electron chi connectivity index (χ3n) is 3.29. The molecule has 0 aliphatic carbocycles. The van der Waals surface area contributed by atoms with Crippen LogP contribution in [0.5, 0.6) is 0 Å². The van der Waals surface area contributed by atoms with E-state index in [0.29, 0.717) is 6.54 Å². The zero-order chi connectivity index (χ0) is 16.2. The lowest BCUT2D eigenvalue weighted by atomic mass is 10.1. The number of carbonyl (C=O) groups is 1. The predicted octanol–water partition coefficient (Wildman–Crippen LogP) is 3.55. The number of halogens is 2. The number of nitrogens with one attached hydrogen (secondary N) is 1. The van der Waals surface area contributed by atoms with Crippen LogP contribution in [0.1, 0.15) is 15.9 Å². The topological polar surface area (TPSA) is 55.1 Å². The van der Waals surface area contributed by atoms with Gasteiger partial charge in [-0.2, -0.15) is 0 Å². The third kappa shape index (κ3) is 3.26. The number of rotatable bonds is 4. The van der Waals surface area contributed by atoms with Gasteiger partial charge in [-0.1, -0.05) is 35.5 Å². The van der Waals surface area contributed by atoms with Crippen molar-refractivity contribution < 1.29 is 18.1 Å². The van der Waals surface area contributed by atoms with Gasteiger partial charge in [0.25, 0.3) is 5.91 Å². The maximum Gasteiger partial charge on any atom is 0.257 e. The van der Waals surface area contributed by atoms with Gasteiger partial charge in [-0.25, -0.2) is 8.78 Å². The Kier molecular flexibility index (Phi) is 4.14. The van der Waals surface area contributed by atoms with Gasteiger partial charge in [-0.05, 0) is 23.8 Å². The lowest BCUT2D eigenvalue weighted by molar-refractivity contribution is 0.0951. The van der Waals surface area contributed by atoms with E-state index in [1.165, 1.54) is 12.3 Å². The molecule has 0 unspecified atom stereocenters. The number of benzene rings is 2. The largest absolute Gasteiger partial charge is 0.355 e. The Morgan fingerprint density at radius 1 is 1.09 bits per heavy atom. The summed E-state index contributed by atoms with van der Waals surface area (Å²) in [5.41, 5.74) is 1.34. The third-order valence-corrected chi connectivity index (χ3v) is 3.29. The molecule has 0 atom stereocenters. The van der Waals surface area contributed by atoms with E-state index < -0.39 is 17.5 Å². The Morgan fingerprint density at radius 3 is 2.61 bits per heavy atom. The molecule has 3 rings (SSSR count). The van der Waals surface area contributed by atoms with Crippen molar-refractivity contribution in [3.05, 3.63) is 77.5 Å². The van der Waals surface area contributed by atoms with Crippen molar-refractivity contribution in [2.24, 2.45) is 0 Å². The summed E-state index contributed by atoms with van der Waals surface area (Å²) in [7, 11) is 0. The second-order valence-corrected chi connectivity index (χ2v) is 4.87. The summed E-state index contributed by atoms with van der Waals surface area (Å²) in [5, 5.41) is 6.31. The monoisotopic (exact) mass is 314 g/mol. The Balaban J connectivity index is 1.80. The highest BCUT2D eigenvalue weighted by molar-refractivity contribution is 5.99. The van der Waals surface area contributed by atoms with Gasteiger partial charge in [0.2, 0.25) is 0 Å². The summed E-state index contributed by atoms with van der Waals surface area (Å²) in [6.45, 7) is 0.335. The minimum atomic E-state index is -1.02. The van der Waals surface area contributed by atoms with Crippen LogP contribution in [0.25, 0.3) is 11.3 Å². The molecule has 0 fully saturated rings. The van der Waals surface area contributed by atoms with Crippen LogP contribution in [0.4, 0.5) is 8.78 Å². The Morgan fingerprint density at radius 2 is 1.87 bits per heavy atom. The van der Waals surface area contributed by atoms with E-state index in [0.717, 1.165) is 17.7 Å². The fourth-order valence-corrected chi connectivity index (χ4v) is 2.12. The van der Waals surface area contributed by atoms with E-state index >= 15 is 0 Å². The van der Waals surface area contributed by atoms with Crippen molar-refractivity contribution in [3.63, 3.8) is 0 Å². The molecule has 0 aliphatic heterocycles. The molecule has 4 nitrogen and oxygen atoms in total. The smallest absolute Gasteiger partial charge is 0.257 e. The fourth-order valence-electron chi connectivity index (χ4n) is 2.12. The average molecular weight is 314 g/mol. The van der Waals surface area contributed by atoms with E-state index in [1.54, 1.807) is 0 Å². The molecule has 116 valence electrons. The zero-order valence-corrected chi connectivity index (χ0v) is 11.9. The van der Waals surface area contributed by atoms with Crippen LogP contribution in [-0.4, -0.2) is 11.1 Å². The van der Waals surface area contributed by atoms with E-state index in [1.807, 2.05) is 30.3 Å². The number of nitrogens with zero attached hydrogens (tertiary/aromatic N) is 1. The maximum absolute atomic E-state index is 13.3. The first kappa shape index (κ1) is 14.9. The molecule has 1 amide bonds. The second-order valence-electron chi connectivity index (χ2n) is 4.87. The van der Waals surface area contributed by atoms with Gasteiger partial charge in [0.05, 0.1) is 6.20 Å². The number of hydrogen-bond acceptors (Lipinski definition) is 3. The van der Waals surface area contributed by atoms with Crippen LogP contribution in [0, 0.1) is 11.6 Å². The average Bonchev–Trinajstić information content (AvgIpc) is 3.06. The lowest BCUT2D eigenvalue weighted by Crippen LogP contribution is -2.22. The molecule has 0 saturated heterocycles. The molecule has 23 heavy (non-hydrogen) atoms. The van der Waals surface area contributed by atoms with Gasteiger partial charge < -0.3 is 9.84 Å². The van der Waals surface area contributed by atoms with Crippen molar-refractivity contribution in [1.29, 1.82) is 0 Å². The molecule has 3 aromatic rings. The van der Waals surface area contributed by atoms with E-state index in [-0.39, 0.29) is 16.9 Å². The summed E-state index contributed by atoms with van der Waals surface area (Å²) in [5.74, 6) is -2.30. The quantitative estimate of drug-likeness (QED) is 0.801. The highest BCUT2D eigenvalue weighted by Gasteiger charge is 2.18. The highest BCUT2D eigenvalue weighted by atomic mass is 19.2. The molecule has 2 aromatic carbocycles. The fraction of sp³-hybridized carbons (Fsp3) is 0.0588. The summed E-state index contributed by atoms with van der Waals surface area (Å²) in [4.78, 5) is 12.2. The summed E-state index contributed by atoms with van der Waals surface area (Å²) in [6, 6.07) is 12.6. The van der Waals surface area contributed by atoms with Crippen LogP contribution >= 0.6 is 0 Å². The van der Waals surface area contributed by atoms with E-state index in [2.05, 4.69) is 10.5 Å². The van der Waals surface area contributed by atoms with Crippen molar-refractivity contribution in [2.75, 3.05) is 0 Å². The summed E-state index contributed by atoms with van der Waals surface area (Å²) >= 11 is 0. The van der Waals surface area contributed by atoms with Gasteiger partial charge in [-0.3, -0.25) is 4.79 Å². The van der Waals surface area contributed by atoms with Crippen LogP contribution < -0.4 is 5.32 Å². The molecule has 1 heterocycles. The zero-order valence-electron chi connectivity index (χ0n) is 11.9. The van der Waals surface area contributed by atoms with Crippen LogP contribution in [0.3, 0.4) is 0 Å². The van der Waals surface area contributed by atoms with Crippen molar-refractivity contribution in [1.82, 2.24) is 10.5 Å². The Hall–Kier alpha value is -3.02. The van der Waals surface area contributed by atoms with E-state index in [9.17, 15) is 13.6 Å². The Bertz CT molecular complexity index is 832.